The molecule has 0 aromatic carbocycles. The highest BCUT2D eigenvalue weighted by molar-refractivity contribution is 4.97. The lowest BCUT2D eigenvalue weighted by molar-refractivity contribution is -0.154. The second-order valence-corrected chi connectivity index (χ2v) is 4.94. The van der Waals surface area contributed by atoms with Crippen molar-refractivity contribution in [3.63, 3.8) is 0 Å². The molecule has 0 amide bonds. The van der Waals surface area contributed by atoms with Gasteiger partial charge in [-0.2, -0.15) is 0 Å². The molecule has 1 saturated carbocycles. The fraction of sp³-hybridized carbons (Fsp3) is 1.00. The molecule has 1 aliphatic rings. The van der Waals surface area contributed by atoms with Crippen LogP contribution >= 0.6 is 0 Å². The van der Waals surface area contributed by atoms with Crippen LogP contribution < -0.4 is 0 Å². The Kier molecular flexibility index (Phi) is 5.82. The van der Waals surface area contributed by atoms with E-state index in [1.165, 1.54) is 0 Å². The quantitative estimate of drug-likeness (QED) is 0.767. The molecular formula is C13H28O2. The second kappa shape index (κ2) is 5.86. The highest BCUT2D eigenvalue weighted by Gasteiger charge is 2.46. The van der Waals surface area contributed by atoms with Gasteiger partial charge in [-0.1, -0.05) is 27.7 Å². The number of ether oxygens (including phenoxy) is 1. The summed E-state index contributed by atoms with van der Waals surface area (Å²) in [6, 6.07) is 0. The SMILES string of the molecule is CC.CCOC1(C)C[C@@H](O)CCC1(C)C. The zero-order chi connectivity index (χ0) is 12.1. The molecule has 2 nitrogen and oxygen atoms in total. The normalized spacial score (nSPS) is 34.2. The van der Waals surface area contributed by atoms with Gasteiger partial charge in [-0.15, -0.1) is 0 Å². The van der Waals surface area contributed by atoms with Gasteiger partial charge >= 0.3 is 0 Å². The Morgan fingerprint density at radius 2 is 1.80 bits per heavy atom. The van der Waals surface area contributed by atoms with Gasteiger partial charge in [0, 0.05) is 13.0 Å². The van der Waals surface area contributed by atoms with Crippen LogP contribution in [-0.4, -0.2) is 23.4 Å². The number of aliphatic hydroxyl groups excluding tert-OH is 1. The predicted octanol–water partition coefficient (Wildman–Crippen LogP) is 3.38. The topological polar surface area (TPSA) is 29.5 Å². The largest absolute Gasteiger partial charge is 0.393 e. The van der Waals surface area contributed by atoms with E-state index in [-0.39, 0.29) is 17.1 Å². The van der Waals surface area contributed by atoms with Crippen LogP contribution in [0.2, 0.25) is 0 Å². The highest BCUT2D eigenvalue weighted by atomic mass is 16.5. The van der Waals surface area contributed by atoms with E-state index in [0.29, 0.717) is 0 Å². The zero-order valence-corrected chi connectivity index (χ0v) is 11.3. The van der Waals surface area contributed by atoms with E-state index >= 15 is 0 Å². The average molecular weight is 216 g/mol. The molecule has 0 heterocycles. The van der Waals surface area contributed by atoms with E-state index in [2.05, 4.69) is 20.8 Å². The van der Waals surface area contributed by atoms with E-state index in [0.717, 1.165) is 25.9 Å². The molecule has 15 heavy (non-hydrogen) atoms. The van der Waals surface area contributed by atoms with Crippen LogP contribution in [0.1, 0.15) is 60.8 Å². The first kappa shape index (κ1) is 14.9. The van der Waals surface area contributed by atoms with Crippen molar-refractivity contribution >= 4 is 0 Å². The fourth-order valence-corrected chi connectivity index (χ4v) is 2.19. The Labute approximate surface area is 95.0 Å². The summed E-state index contributed by atoms with van der Waals surface area (Å²) in [5.41, 5.74) is 0.0294. The molecule has 1 unspecified atom stereocenters. The summed E-state index contributed by atoms with van der Waals surface area (Å²) in [6.07, 6.45) is 2.55. The Balaban J connectivity index is 0.000000921. The van der Waals surface area contributed by atoms with E-state index in [4.69, 9.17) is 4.74 Å². The Hall–Kier alpha value is -0.0800. The van der Waals surface area contributed by atoms with Crippen molar-refractivity contribution < 1.29 is 9.84 Å². The minimum absolute atomic E-state index is 0.153. The first-order valence-electron chi connectivity index (χ1n) is 6.23. The molecule has 0 aromatic heterocycles. The van der Waals surface area contributed by atoms with Crippen molar-refractivity contribution in [1.29, 1.82) is 0 Å². The van der Waals surface area contributed by atoms with E-state index in [1.807, 2.05) is 20.8 Å². The first-order valence-corrected chi connectivity index (χ1v) is 6.23. The molecule has 0 bridgehead atoms. The lowest BCUT2D eigenvalue weighted by atomic mass is 9.65. The molecule has 2 atom stereocenters. The zero-order valence-electron chi connectivity index (χ0n) is 11.3. The van der Waals surface area contributed by atoms with Crippen molar-refractivity contribution in [2.45, 2.75) is 72.5 Å². The fourth-order valence-electron chi connectivity index (χ4n) is 2.19. The van der Waals surface area contributed by atoms with Gasteiger partial charge in [-0.3, -0.25) is 0 Å². The molecule has 1 N–H and O–H groups in total. The van der Waals surface area contributed by atoms with E-state index in [1.54, 1.807) is 0 Å². The van der Waals surface area contributed by atoms with E-state index in [9.17, 15) is 5.11 Å². The van der Waals surface area contributed by atoms with Crippen molar-refractivity contribution in [2.24, 2.45) is 5.41 Å². The predicted molar refractivity (Wildman–Crippen MR) is 65.0 cm³/mol. The number of rotatable bonds is 2. The average Bonchev–Trinajstić information content (AvgIpc) is 2.16. The summed E-state index contributed by atoms with van der Waals surface area (Å²) in [6.45, 7) is 13.3. The molecule has 0 aliphatic heterocycles. The van der Waals surface area contributed by atoms with Gasteiger partial charge in [-0.05, 0) is 32.1 Å². The minimum Gasteiger partial charge on any atom is -0.393 e. The van der Waals surface area contributed by atoms with Crippen molar-refractivity contribution in [3.8, 4) is 0 Å². The van der Waals surface area contributed by atoms with Gasteiger partial charge in [0.05, 0.1) is 11.7 Å². The van der Waals surface area contributed by atoms with Gasteiger partial charge in [0.1, 0.15) is 0 Å². The van der Waals surface area contributed by atoms with Crippen LogP contribution in [-0.2, 0) is 4.74 Å². The Morgan fingerprint density at radius 3 is 2.27 bits per heavy atom. The van der Waals surface area contributed by atoms with Gasteiger partial charge in [0.25, 0.3) is 0 Å². The monoisotopic (exact) mass is 216 g/mol. The summed E-state index contributed by atoms with van der Waals surface area (Å²) in [5, 5.41) is 9.62. The minimum atomic E-state index is -0.176. The van der Waals surface area contributed by atoms with Crippen LogP contribution in [0.15, 0.2) is 0 Å². The third-order valence-electron chi connectivity index (χ3n) is 3.62. The lowest BCUT2D eigenvalue weighted by Crippen LogP contribution is -2.50. The number of hydrogen-bond acceptors (Lipinski definition) is 2. The van der Waals surface area contributed by atoms with Crippen LogP contribution in [0, 0.1) is 5.41 Å². The first-order chi connectivity index (χ1) is 6.91. The molecule has 2 heteroatoms. The summed E-state index contributed by atoms with van der Waals surface area (Å²) in [7, 11) is 0. The Morgan fingerprint density at radius 1 is 1.27 bits per heavy atom. The van der Waals surface area contributed by atoms with Crippen molar-refractivity contribution in [2.75, 3.05) is 6.61 Å². The van der Waals surface area contributed by atoms with Gasteiger partial charge < -0.3 is 9.84 Å². The van der Waals surface area contributed by atoms with Crippen LogP contribution in [0.5, 0.6) is 0 Å². The highest BCUT2D eigenvalue weighted by Crippen LogP contribution is 2.45. The number of aliphatic hydroxyl groups is 1. The molecule has 0 spiro atoms. The molecule has 1 aliphatic carbocycles. The lowest BCUT2D eigenvalue weighted by Gasteiger charge is -2.49. The summed E-state index contributed by atoms with van der Waals surface area (Å²) < 4.78 is 5.80. The Bertz CT molecular complexity index is 177. The number of hydrogen-bond donors (Lipinski definition) is 1. The maximum atomic E-state index is 9.62. The van der Waals surface area contributed by atoms with Crippen molar-refractivity contribution in [3.05, 3.63) is 0 Å². The summed E-state index contributed by atoms with van der Waals surface area (Å²) >= 11 is 0. The molecule has 0 radical (unpaired) electrons. The molecule has 1 fully saturated rings. The molecule has 0 saturated heterocycles. The van der Waals surface area contributed by atoms with Crippen molar-refractivity contribution in [1.82, 2.24) is 0 Å². The summed E-state index contributed by atoms with van der Waals surface area (Å²) in [4.78, 5) is 0. The molecular weight excluding hydrogens is 188 g/mol. The van der Waals surface area contributed by atoms with Gasteiger partial charge in [0.2, 0.25) is 0 Å². The second-order valence-electron chi connectivity index (χ2n) is 4.94. The van der Waals surface area contributed by atoms with Gasteiger partial charge in [-0.25, -0.2) is 0 Å². The smallest absolute Gasteiger partial charge is 0.0729 e. The molecule has 1 rings (SSSR count). The summed E-state index contributed by atoms with van der Waals surface area (Å²) in [5.74, 6) is 0. The maximum absolute atomic E-state index is 9.62. The third-order valence-corrected chi connectivity index (χ3v) is 3.62. The van der Waals surface area contributed by atoms with Crippen LogP contribution in [0.25, 0.3) is 0 Å². The molecule has 92 valence electrons. The standard InChI is InChI=1S/C11H22O2.C2H6/c1-5-13-11(4)8-9(12)6-7-10(11,2)3;1-2/h9,12H,5-8H2,1-4H3;1-2H3/t9-,11?;/m0./s1. The van der Waals surface area contributed by atoms with Gasteiger partial charge in [0.15, 0.2) is 0 Å². The maximum Gasteiger partial charge on any atom is 0.0729 e. The van der Waals surface area contributed by atoms with Crippen LogP contribution in [0.4, 0.5) is 0 Å². The van der Waals surface area contributed by atoms with Crippen LogP contribution in [0.3, 0.4) is 0 Å². The van der Waals surface area contributed by atoms with E-state index < -0.39 is 0 Å². The molecule has 0 aromatic rings. The third kappa shape index (κ3) is 3.46.